The molecule has 1 atom stereocenters. The summed E-state index contributed by atoms with van der Waals surface area (Å²) >= 11 is 0. The lowest BCUT2D eigenvalue weighted by molar-refractivity contribution is -0.155. The van der Waals surface area contributed by atoms with Crippen LogP contribution in [0.3, 0.4) is 0 Å². The van der Waals surface area contributed by atoms with Crippen LogP contribution in [0.2, 0.25) is 0 Å². The van der Waals surface area contributed by atoms with Gasteiger partial charge in [0.05, 0.1) is 29.8 Å². The fourth-order valence-electron chi connectivity index (χ4n) is 2.32. The Kier molecular flexibility index (Phi) is 5.43. The summed E-state index contributed by atoms with van der Waals surface area (Å²) in [5, 5.41) is 27.8. The number of nitrogens with zero attached hydrogens (tertiary/aromatic N) is 2. The zero-order chi connectivity index (χ0) is 18.6. The van der Waals surface area contributed by atoms with E-state index in [-0.39, 0.29) is 0 Å². The summed E-state index contributed by atoms with van der Waals surface area (Å²) in [5.41, 5.74) is 1.28. The fraction of sp³-hybridized carbons (Fsp3) is 0.353. The number of anilines is 1. The summed E-state index contributed by atoms with van der Waals surface area (Å²) in [4.78, 5) is 22.8. The summed E-state index contributed by atoms with van der Waals surface area (Å²) < 4.78 is 1.76. The SMILES string of the molecule is CCc1c(NC(=O)NCC(C)(O)C(=O)O)cnn1-c1ccccc1C. The minimum Gasteiger partial charge on any atom is -0.479 e. The number of hydrogen-bond donors (Lipinski definition) is 4. The van der Waals surface area contributed by atoms with Crippen LogP contribution >= 0.6 is 0 Å². The molecule has 1 aromatic carbocycles. The monoisotopic (exact) mass is 346 g/mol. The summed E-state index contributed by atoms with van der Waals surface area (Å²) in [6, 6.07) is 7.16. The van der Waals surface area contributed by atoms with Crippen molar-refractivity contribution in [2.45, 2.75) is 32.8 Å². The molecule has 0 spiro atoms. The van der Waals surface area contributed by atoms with Crippen LogP contribution in [0.25, 0.3) is 5.69 Å². The Morgan fingerprint density at radius 2 is 2.00 bits per heavy atom. The van der Waals surface area contributed by atoms with Crippen molar-refractivity contribution < 1.29 is 19.8 Å². The summed E-state index contributed by atoms with van der Waals surface area (Å²) in [6.07, 6.45) is 2.18. The van der Waals surface area contributed by atoms with Gasteiger partial charge in [-0.05, 0) is 31.9 Å². The van der Waals surface area contributed by atoms with Crippen LogP contribution in [-0.4, -0.2) is 44.1 Å². The molecule has 0 aliphatic rings. The molecule has 0 aliphatic carbocycles. The number of aliphatic carboxylic acids is 1. The maximum atomic E-state index is 12.0. The number of para-hydroxylation sites is 1. The highest BCUT2D eigenvalue weighted by Crippen LogP contribution is 2.22. The first-order valence-corrected chi connectivity index (χ1v) is 7.89. The summed E-state index contributed by atoms with van der Waals surface area (Å²) in [5.74, 6) is -1.41. The lowest BCUT2D eigenvalue weighted by Gasteiger charge is -2.18. The smallest absolute Gasteiger partial charge is 0.337 e. The number of aliphatic hydroxyl groups is 1. The first-order valence-electron chi connectivity index (χ1n) is 7.89. The first-order chi connectivity index (χ1) is 11.8. The molecule has 2 amide bonds. The van der Waals surface area contributed by atoms with Gasteiger partial charge in [0.1, 0.15) is 0 Å². The fourth-order valence-corrected chi connectivity index (χ4v) is 2.32. The Bertz CT molecular complexity index is 783. The van der Waals surface area contributed by atoms with Crippen LogP contribution in [0.1, 0.15) is 25.1 Å². The van der Waals surface area contributed by atoms with Crippen LogP contribution in [-0.2, 0) is 11.2 Å². The van der Waals surface area contributed by atoms with E-state index in [0.717, 1.165) is 23.9 Å². The van der Waals surface area contributed by atoms with E-state index in [9.17, 15) is 14.7 Å². The molecule has 25 heavy (non-hydrogen) atoms. The number of carboxylic acid groups (broad SMARTS) is 1. The number of carbonyl (C=O) groups excluding carboxylic acids is 1. The number of rotatable bonds is 6. The molecule has 1 aromatic heterocycles. The van der Waals surface area contributed by atoms with E-state index in [0.29, 0.717) is 12.1 Å². The molecule has 1 heterocycles. The number of hydrogen-bond acceptors (Lipinski definition) is 4. The number of carboxylic acids is 1. The highest BCUT2D eigenvalue weighted by atomic mass is 16.4. The van der Waals surface area contributed by atoms with Crippen molar-refractivity contribution in [3.63, 3.8) is 0 Å². The van der Waals surface area contributed by atoms with Crippen LogP contribution in [0.4, 0.5) is 10.5 Å². The third kappa shape index (κ3) is 4.16. The second-order valence-electron chi connectivity index (χ2n) is 5.94. The maximum Gasteiger partial charge on any atom is 0.337 e. The van der Waals surface area contributed by atoms with Crippen molar-refractivity contribution in [1.29, 1.82) is 0 Å². The summed E-state index contributed by atoms with van der Waals surface area (Å²) in [6.45, 7) is 4.62. The van der Waals surface area contributed by atoms with Crippen LogP contribution in [0, 0.1) is 6.92 Å². The quantitative estimate of drug-likeness (QED) is 0.635. The van der Waals surface area contributed by atoms with E-state index in [2.05, 4.69) is 15.7 Å². The molecule has 0 saturated carbocycles. The van der Waals surface area contributed by atoms with E-state index in [4.69, 9.17) is 5.11 Å². The molecule has 8 nitrogen and oxygen atoms in total. The minimum absolute atomic E-state index is 0.415. The minimum atomic E-state index is -2.03. The number of nitrogens with one attached hydrogen (secondary N) is 2. The van der Waals surface area contributed by atoms with Crippen LogP contribution < -0.4 is 10.6 Å². The van der Waals surface area contributed by atoms with Gasteiger partial charge >= 0.3 is 12.0 Å². The molecular weight excluding hydrogens is 324 g/mol. The predicted octanol–water partition coefficient (Wildman–Crippen LogP) is 1.70. The maximum absolute atomic E-state index is 12.0. The highest BCUT2D eigenvalue weighted by Gasteiger charge is 2.30. The number of amides is 2. The number of urea groups is 1. The van der Waals surface area contributed by atoms with Crippen molar-refractivity contribution >= 4 is 17.7 Å². The molecule has 0 aliphatic heterocycles. The molecule has 4 N–H and O–H groups in total. The molecule has 2 aromatic rings. The predicted molar refractivity (Wildman–Crippen MR) is 93.0 cm³/mol. The number of aryl methyl sites for hydroxylation is 1. The molecule has 134 valence electrons. The second kappa shape index (κ2) is 7.35. The van der Waals surface area contributed by atoms with Gasteiger partial charge in [-0.15, -0.1) is 0 Å². The van der Waals surface area contributed by atoms with Gasteiger partial charge in [0.2, 0.25) is 0 Å². The molecule has 0 saturated heterocycles. The van der Waals surface area contributed by atoms with Crippen molar-refractivity contribution in [2.75, 3.05) is 11.9 Å². The Morgan fingerprint density at radius 3 is 2.60 bits per heavy atom. The van der Waals surface area contributed by atoms with Crippen molar-refractivity contribution in [3.8, 4) is 5.69 Å². The topological polar surface area (TPSA) is 116 Å². The van der Waals surface area contributed by atoms with E-state index in [1.54, 1.807) is 10.9 Å². The molecule has 2 rings (SSSR count). The van der Waals surface area contributed by atoms with Gasteiger partial charge in [0, 0.05) is 0 Å². The largest absolute Gasteiger partial charge is 0.479 e. The standard InChI is InChI=1S/C17H22N4O4/c1-4-13-12(20-16(24)18-10-17(3,25)15(22)23)9-19-21(13)14-8-6-5-7-11(14)2/h5-9,25H,4,10H2,1-3H3,(H,22,23)(H2,18,20,24). The van der Waals surface area contributed by atoms with Gasteiger partial charge in [-0.2, -0.15) is 5.10 Å². The van der Waals surface area contributed by atoms with Crippen molar-refractivity contribution in [2.24, 2.45) is 0 Å². The third-order valence-corrected chi connectivity index (χ3v) is 3.85. The molecule has 8 heteroatoms. The van der Waals surface area contributed by atoms with E-state index in [1.807, 2.05) is 38.1 Å². The highest BCUT2D eigenvalue weighted by molar-refractivity contribution is 5.90. The van der Waals surface area contributed by atoms with E-state index in [1.165, 1.54) is 0 Å². The Morgan fingerprint density at radius 1 is 1.32 bits per heavy atom. The van der Waals surface area contributed by atoms with Gasteiger partial charge in [0.15, 0.2) is 5.60 Å². The zero-order valence-electron chi connectivity index (χ0n) is 14.4. The lowest BCUT2D eigenvalue weighted by atomic mass is 10.1. The Labute approximate surface area is 145 Å². The second-order valence-corrected chi connectivity index (χ2v) is 5.94. The third-order valence-electron chi connectivity index (χ3n) is 3.85. The average Bonchev–Trinajstić information content (AvgIpc) is 2.95. The molecule has 0 radical (unpaired) electrons. The first kappa shape index (κ1) is 18.5. The number of carbonyl (C=O) groups is 2. The number of benzene rings is 1. The lowest BCUT2D eigenvalue weighted by Crippen LogP contribution is -2.47. The van der Waals surface area contributed by atoms with Crippen molar-refractivity contribution in [1.82, 2.24) is 15.1 Å². The number of aromatic nitrogens is 2. The summed E-state index contributed by atoms with van der Waals surface area (Å²) in [7, 11) is 0. The van der Waals surface area contributed by atoms with Gasteiger partial charge in [-0.1, -0.05) is 25.1 Å². The van der Waals surface area contributed by atoms with Crippen LogP contribution in [0.5, 0.6) is 0 Å². The molecular formula is C17H22N4O4. The van der Waals surface area contributed by atoms with E-state index < -0.39 is 24.1 Å². The normalized spacial score (nSPS) is 13.1. The van der Waals surface area contributed by atoms with Gasteiger partial charge < -0.3 is 20.8 Å². The van der Waals surface area contributed by atoms with Crippen LogP contribution in [0.15, 0.2) is 30.5 Å². The van der Waals surface area contributed by atoms with Gasteiger partial charge in [-0.25, -0.2) is 14.3 Å². The average molecular weight is 346 g/mol. The molecule has 0 fully saturated rings. The van der Waals surface area contributed by atoms with Gasteiger partial charge in [0.25, 0.3) is 0 Å². The Hall–Kier alpha value is -2.87. The zero-order valence-corrected chi connectivity index (χ0v) is 14.4. The van der Waals surface area contributed by atoms with Gasteiger partial charge in [-0.3, -0.25) is 0 Å². The Balaban J connectivity index is 2.15. The van der Waals surface area contributed by atoms with Crippen molar-refractivity contribution in [3.05, 3.63) is 41.7 Å². The molecule has 0 bridgehead atoms. The molecule has 1 unspecified atom stereocenters. The van der Waals surface area contributed by atoms with E-state index >= 15 is 0 Å².